The Morgan fingerprint density at radius 3 is 2.94 bits per heavy atom. The van der Waals surface area contributed by atoms with Crippen molar-refractivity contribution in [1.29, 1.82) is 5.26 Å². The summed E-state index contributed by atoms with van der Waals surface area (Å²) in [7, 11) is -3.63. The molecule has 16 heavy (non-hydrogen) atoms. The summed E-state index contributed by atoms with van der Waals surface area (Å²) in [6.45, 7) is 0.209. The Morgan fingerprint density at radius 2 is 2.31 bits per heavy atom. The maximum absolute atomic E-state index is 11.7. The van der Waals surface area contributed by atoms with Gasteiger partial charge in [-0.05, 0) is 12.5 Å². The molecule has 0 bridgehead atoms. The molecule has 7 heteroatoms. The summed E-state index contributed by atoms with van der Waals surface area (Å²) in [5.74, 6) is 0. The summed E-state index contributed by atoms with van der Waals surface area (Å²) in [6, 6.07) is 3.34. The molecule has 0 amide bonds. The van der Waals surface area contributed by atoms with Gasteiger partial charge in [-0.25, -0.2) is 13.1 Å². The molecule has 0 unspecified atom stereocenters. The van der Waals surface area contributed by atoms with E-state index in [0.29, 0.717) is 12.8 Å². The van der Waals surface area contributed by atoms with E-state index in [9.17, 15) is 8.42 Å². The minimum Gasteiger partial charge on any atom is -0.263 e. The van der Waals surface area contributed by atoms with E-state index in [0.717, 1.165) is 0 Å². The van der Waals surface area contributed by atoms with Crippen molar-refractivity contribution in [1.82, 2.24) is 9.71 Å². The molecular formula is C9H10ClN3O2S. The summed E-state index contributed by atoms with van der Waals surface area (Å²) in [4.78, 5) is 3.65. The van der Waals surface area contributed by atoms with E-state index >= 15 is 0 Å². The Labute approximate surface area is 99.1 Å². The predicted octanol–water partition coefficient (Wildman–Crippen LogP) is 1.32. The largest absolute Gasteiger partial charge is 0.263 e. The van der Waals surface area contributed by atoms with E-state index in [1.54, 1.807) is 0 Å². The number of hydrogen-bond acceptors (Lipinski definition) is 4. The minimum atomic E-state index is -3.63. The number of hydrogen-bond donors (Lipinski definition) is 1. The van der Waals surface area contributed by atoms with E-state index in [4.69, 9.17) is 16.9 Å². The van der Waals surface area contributed by atoms with Crippen LogP contribution in [0.5, 0.6) is 0 Å². The van der Waals surface area contributed by atoms with Gasteiger partial charge in [-0.3, -0.25) is 4.98 Å². The third-order valence-electron chi connectivity index (χ3n) is 1.78. The maximum atomic E-state index is 11.7. The van der Waals surface area contributed by atoms with Gasteiger partial charge in [0, 0.05) is 25.4 Å². The fourth-order valence-corrected chi connectivity index (χ4v) is 2.52. The Bertz CT molecular complexity index is 496. The molecule has 1 N–H and O–H groups in total. The number of aromatic nitrogens is 1. The van der Waals surface area contributed by atoms with E-state index < -0.39 is 10.0 Å². The first-order valence-electron chi connectivity index (χ1n) is 4.54. The van der Waals surface area contributed by atoms with Crippen LogP contribution in [0.4, 0.5) is 0 Å². The highest BCUT2D eigenvalue weighted by Gasteiger charge is 2.16. The van der Waals surface area contributed by atoms with Gasteiger partial charge in [0.15, 0.2) is 0 Å². The molecule has 0 spiro atoms. The van der Waals surface area contributed by atoms with E-state index in [2.05, 4.69) is 9.71 Å². The second-order valence-electron chi connectivity index (χ2n) is 2.97. The second-order valence-corrected chi connectivity index (χ2v) is 5.11. The molecule has 0 aliphatic carbocycles. The zero-order valence-corrected chi connectivity index (χ0v) is 9.92. The van der Waals surface area contributed by atoms with Crippen LogP contribution >= 0.6 is 11.6 Å². The fraction of sp³-hybridized carbons (Fsp3) is 0.333. The fourth-order valence-electron chi connectivity index (χ4n) is 1.01. The molecule has 0 aromatic carbocycles. The van der Waals surface area contributed by atoms with Crippen LogP contribution in [0, 0.1) is 11.3 Å². The monoisotopic (exact) mass is 259 g/mol. The third kappa shape index (κ3) is 3.45. The van der Waals surface area contributed by atoms with Crippen molar-refractivity contribution >= 4 is 21.6 Å². The first-order chi connectivity index (χ1) is 7.58. The average Bonchev–Trinajstić information content (AvgIpc) is 2.25. The zero-order valence-electron chi connectivity index (χ0n) is 8.35. The number of nitriles is 1. The molecule has 0 fully saturated rings. The lowest BCUT2D eigenvalue weighted by Gasteiger charge is -2.06. The normalized spacial score (nSPS) is 11.0. The molecule has 5 nitrogen and oxygen atoms in total. The summed E-state index contributed by atoms with van der Waals surface area (Å²) >= 11 is 5.74. The van der Waals surface area contributed by atoms with E-state index in [1.165, 1.54) is 18.5 Å². The molecule has 0 atom stereocenters. The van der Waals surface area contributed by atoms with Crippen molar-refractivity contribution in [2.45, 2.75) is 17.7 Å². The van der Waals surface area contributed by atoms with Crippen molar-refractivity contribution in [3.63, 3.8) is 0 Å². The van der Waals surface area contributed by atoms with Crippen LogP contribution in [0.15, 0.2) is 23.4 Å². The molecular weight excluding hydrogens is 250 g/mol. The van der Waals surface area contributed by atoms with Crippen molar-refractivity contribution < 1.29 is 8.42 Å². The molecule has 0 aliphatic heterocycles. The summed E-state index contributed by atoms with van der Waals surface area (Å²) in [6.07, 6.45) is 3.38. The van der Waals surface area contributed by atoms with Crippen LogP contribution in [-0.4, -0.2) is 19.9 Å². The Kier molecular flexibility index (Phi) is 4.68. The zero-order chi connectivity index (χ0) is 12.0. The van der Waals surface area contributed by atoms with Crippen molar-refractivity contribution in [3.05, 3.63) is 23.5 Å². The van der Waals surface area contributed by atoms with E-state index in [-0.39, 0.29) is 16.5 Å². The molecule has 0 aliphatic rings. The van der Waals surface area contributed by atoms with Gasteiger partial charge in [0.2, 0.25) is 10.0 Å². The highest BCUT2D eigenvalue weighted by molar-refractivity contribution is 7.89. The standard InChI is InChI=1S/C9H10ClN3O2S/c10-8-3-6-12-7-9(8)16(14,15)13-5-2-1-4-11/h3,6-7,13H,1-2,5H2. The lowest BCUT2D eigenvalue weighted by atomic mass is 10.3. The first kappa shape index (κ1) is 12.9. The predicted molar refractivity (Wildman–Crippen MR) is 59.3 cm³/mol. The van der Waals surface area contributed by atoms with Crippen LogP contribution in [0.3, 0.4) is 0 Å². The van der Waals surface area contributed by atoms with Gasteiger partial charge in [-0.1, -0.05) is 11.6 Å². The number of pyridine rings is 1. The number of nitrogens with zero attached hydrogens (tertiary/aromatic N) is 2. The topological polar surface area (TPSA) is 82.9 Å². The maximum Gasteiger partial charge on any atom is 0.243 e. The van der Waals surface area contributed by atoms with E-state index in [1.807, 2.05) is 6.07 Å². The Morgan fingerprint density at radius 1 is 1.56 bits per heavy atom. The smallest absolute Gasteiger partial charge is 0.243 e. The second kappa shape index (κ2) is 5.80. The van der Waals surface area contributed by atoms with Crippen LogP contribution in [0.25, 0.3) is 0 Å². The lowest BCUT2D eigenvalue weighted by molar-refractivity contribution is 0.579. The Hall–Kier alpha value is -1.16. The summed E-state index contributed by atoms with van der Waals surface area (Å²) < 4.78 is 25.7. The molecule has 1 rings (SSSR count). The van der Waals surface area contributed by atoms with Crippen LogP contribution in [-0.2, 0) is 10.0 Å². The molecule has 1 heterocycles. The quantitative estimate of drug-likeness (QED) is 0.809. The molecule has 1 aromatic rings. The number of sulfonamides is 1. The molecule has 0 radical (unpaired) electrons. The lowest BCUT2D eigenvalue weighted by Crippen LogP contribution is -2.25. The van der Waals surface area contributed by atoms with Crippen LogP contribution in [0.2, 0.25) is 5.02 Å². The molecule has 86 valence electrons. The van der Waals surface area contributed by atoms with Crippen LogP contribution in [0.1, 0.15) is 12.8 Å². The molecule has 1 aromatic heterocycles. The Balaban J connectivity index is 2.72. The summed E-state index contributed by atoms with van der Waals surface area (Å²) in [5.41, 5.74) is 0. The van der Waals surface area contributed by atoms with Gasteiger partial charge in [0.05, 0.1) is 11.1 Å². The highest BCUT2D eigenvalue weighted by atomic mass is 35.5. The summed E-state index contributed by atoms with van der Waals surface area (Å²) in [5, 5.41) is 8.43. The van der Waals surface area contributed by atoms with Gasteiger partial charge < -0.3 is 0 Å². The third-order valence-corrected chi connectivity index (χ3v) is 3.71. The van der Waals surface area contributed by atoms with Gasteiger partial charge >= 0.3 is 0 Å². The van der Waals surface area contributed by atoms with Crippen molar-refractivity contribution in [3.8, 4) is 6.07 Å². The van der Waals surface area contributed by atoms with Crippen molar-refractivity contribution in [2.75, 3.05) is 6.54 Å². The number of halogens is 1. The van der Waals surface area contributed by atoms with Gasteiger partial charge in [-0.15, -0.1) is 0 Å². The molecule has 0 saturated carbocycles. The molecule has 0 saturated heterocycles. The average molecular weight is 260 g/mol. The number of nitrogens with one attached hydrogen (secondary N) is 1. The SMILES string of the molecule is N#CCCCNS(=O)(=O)c1cnccc1Cl. The van der Waals surface area contributed by atoms with Crippen molar-refractivity contribution in [2.24, 2.45) is 0 Å². The van der Waals surface area contributed by atoms with Crippen LogP contribution < -0.4 is 4.72 Å². The number of unbranched alkanes of at least 4 members (excludes halogenated alkanes) is 1. The minimum absolute atomic E-state index is 0.0476. The highest BCUT2D eigenvalue weighted by Crippen LogP contribution is 2.18. The van der Waals surface area contributed by atoms with Gasteiger partial charge in [0.25, 0.3) is 0 Å². The van der Waals surface area contributed by atoms with Gasteiger partial charge in [0.1, 0.15) is 4.90 Å². The first-order valence-corrected chi connectivity index (χ1v) is 6.40. The number of rotatable bonds is 5. The van der Waals surface area contributed by atoms with Gasteiger partial charge in [-0.2, -0.15) is 5.26 Å².